The predicted molar refractivity (Wildman–Crippen MR) is 92.4 cm³/mol. The standard InChI is InChI=1S/C20H26N2O/c1-13-3-5-18(6-4-13)19(23)22-21-14(2)20-10-15-7-16(11-20)9-17(8-15)12-20/h3-6,15-17H,7-12H2,1-2H3,(H,22,23)/b21-14-. The van der Waals surface area contributed by atoms with E-state index in [1.807, 2.05) is 31.2 Å². The lowest BCUT2D eigenvalue weighted by atomic mass is 9.48. The first-order chi connectivity index (χ1) is 11.0. The smallest absolute Gasteiger partial charge is 0.267 e. The molecule has 23 heavy (non-hydrogen) atoms. The van der Waals surface area contributed by atoms with Crippen LogP contribution in [-0.4, -0.2) is 11.6 Å². The number of benzene rings is 1. The SMILES string of the molecule is C/C(=N/NC(=O)c1ccc(C)cc1)C12CC3CC(CC(C3)C1)C2. The topological polar surface area (TPSA) is 41.5 Å². The molecular formula is C20H26N2O. The van der Waals surface area contributed by atoms with Crippen molar-refractivity contribution in [3.8, 4) is 0 Å². The highest BCUT2D eigenvalue weighted by molar-refractivity contribution is 5.96. The number of nitrogens with zero attached hydrogens (tertiary/aromatic N) is 1. The van der Waals surface area contributed by atoms with Crippen LogP contribution < -0.4 is 5.43 Å². The zero-order chi connectivity index (χ0) is 16.0. The first kappa shape index (κ1) is 14.9. The van der Waals surface area contributed by atoms with E-state index in [-0.39, 0.29) is 11.3 Å². The van der Waals surface area contributed by atoms with Gasteiger partial charge in [-0.3, -0.25) is 4.79 Å². The molecule has 4 fully saturated rings. The number of hydrogen-bond acceptors (Lipinski definition) is 2. The third kappa shape index (κ3) is 2.71. The monoisotopic (exact) mass is 310 g/mol. The molecule has 4 saturated carbocycles. The van der Waals surface area contributed by atoms with Gasteiger partial charge in [-0.05, 0) is 82.3 Å². The Morgan fingerprint density at radius 1 is 1.04 bits per heavy atom. The zero-order valence-corrected chi connectivity index (χ0v) is 14.1. The number of carbonyl (C=O) groups is 1. The summed E-state index contributed by atoms with van der Waals surface area (Å²) < 4.78 is 0. The van der Waals surface area contributed by atoms with Crippen molar-refractivity contribution in [2.45, 2.75) is 52.4 Å². The molecular weight excluding hydrogens is 284 g/mol. The maximum absolute atomic E-state index is 12.3. The predicted octanol–water partition coefficient (Wildman–Crippen LogP) is 4.32. The maximum Gasteiger partial charge on any atom is 0.271 e. The van der Waals surface area contributed by atoms with Crippen LogP contribution in [0.1, 0.15) is 61.4 Å². The Balaban J connectivity index is 1.48. The van der Waals surface area contributed by atoms with Gasteiger partial charge in [0.15, 0.2) is 0 Å². The molecule has 1 aromatic carbocycles. The Morgan fingerprint density at radius 3 is 2.09 bits per heavy atom. The summed E-state index contributed by atoms with van der Waals surface area (Å²) in [4.78, 5) is 12.3. The molecule has 3 heteroatoms. The third-order valence-electron chi connectivity index (χ3n) is 6.44. The van der Waals surface area contributed by atoms with Crippen molar-refractivity contribution in [2.75, 3.05) is 0 Å². The molecule has 0 atom stereocenters. The minimum atomic E-state index is -0.103. The second kappa shape index (κ2) is 5.47. The molecule has 3 nitrogen and oxygen atoms in total. The van der Waals surface area contributed by atoms with Gasteiger partial charge in [0.2, 0.25) is 0 Å². The van der Waals surface area contributed by atoms with E-state index in [1.165, 1.54) is 38.5 Å². The van der Waals surface area contributed by atoms with Crippen molar-refractivity contribution in [1.82, 2.24) is 5.43 Å². The third-order valence-corrected chi connectivity index (χ3v) is 6.44. The van der Waals surface area contributed by atoms with Gasteiger partial charge in [-0.1, -0.05) is 17.7 Å². The molecule has 1 aromatic rings. The van der Waals surface area contributed by atoms with Crippen LogP contribution in [0.15, 0.2) is 29.4 Å². The summed E-state index contributed by atoms with van der Waals surface area (Å²) in [5.41, 5.74) is 6.06. The van der Waals surface area contributed by atoms with Gasteiger partial charge >= 0.3 is 0 Å². The first-order valence-electron chi connectivity index (χ1n) is 8.96. The summed E-state index contributed by atoms with van der Waals surface area (Å²) in [5, 5.41) is 4.53. The summed E-state index contributed by atoms with van der Waals surface area (Å²) in [6.45, 7) is 4.15. The minimum Gasteiger partial charge on any atom is -0.267 e. The Labute approximate surface area is 138 Å². The molecule has 0 unspecified atom stereocenters. The molecule has 0 spiro atoms. The average molecular weight is 310 g/mol. The van der Waals surface area contributed by atoms with Crippen molar-refractivity contribution in [3.63, 3.8) is 0 Å². The van der Waals surface area contributed by atoms with Crippen molar-refractivity contribution in [1.29, 1.82) is 0 Å². The molecule has 4 aliphatic rings. The molecule has 0 aliphatic heterocycles. The number of aryl methyl sites for hydroxylation is 1. The maximum atomic E-state index is 12.3. The van der Waals surface area contributed by atoms with Crippen molar-refractivity contribution in [3.05, 3.63) is 35.4 Å². The number of hydrazone groups is 1. The van der Waals surface area contributed by atoms with E-state index in [0.29, 0.717) is 5.56 Å². The lowest BCUT2D eigenvalue weighted by Gasteiger charge is -2.56. The summed E-state index contributed by atoms with van der Waals surface area (Å²) in [6, 6.07) is 7.65. The van der Waals surface area contributed by atoms with Crippen molar-refractivity contribution < 1.29 is 4.79 Å². The largest absolute Gasteiger partial charge is 0.271 e. The van der Waals surface area contributed by atoms with Gasteiger partial charge in [-0.2, -0.15) is 5.10 Å². The van der Waals surface area contributed by atoms with E-state index in [2.05, 4.69) is 17.5 Å². The van der Waals surface area contributed by atoms with Crippen LogP contribution >= 0.6 is 0 Å². The Bertz CT molecular complexity index is 609. The van der Waals surface area contributed by atoms with Crippen LogP contribution in [0.3, 0.4) is 0 Å². The fourth-order valence-electron chi connectivity index (χ4n) is 5.58. The van der Waals surface area contributed by atoms with Crippen LogP contribution in [0.5, 0.6) is 0 Å². The molecule has 5 rings (SSSR count). The lowest BCUT2D eigenvalue weighted by molar-refractivity contribution is -0.0128. The Hall–Kier alpha value is -1.64. The normalized spacial score (nSPS) is 35.4. The number of carbonyl (C=O) groups excluding carboxylic acids is 1. The lowest BCUT2D eigenvalue weighted by Crippen LogP contribution is -2.49. The minimum absolute atomic E-state index is 0.103. The molecule has 0 saturated heterocycles. The van der Waals surface area contributed by atoms with Crippen LogP contribution in [0.4, 0.5) is 0 Å². The molecule has 0 radical (unpaired) electrons. The van der Waals surface area contributed by atoms with Gasteiger partial charge in [-0.15, -0.1) is 0 Å². The van der Waals surface area contributed by atoms with Gasteiger partial charge in [0, 0.05) is 16.7 Å². The van der Waals surface area contributed by atoms with Gasteiger partial charge in [-0.25, -0.2) is 5.43 Å². The van der Waals surface area contributed by atoms with E-state index >= 15 is 0 Å². The van der Waals surface area contributed by atoms with E-state index in [9.17, 15) is 4.79 Å². The van der Waals surface area contributed by atoms with Gasteiger partial charge in [0.1, 0.15) is 0 Å². The Kier molecular flexibility index (Phi) is 3.55. The van der Waals surface area contributed by atoms with Crippen molar-refractivity contribution in [2.24, 2.45) is 28.3 Å². The molecule has 1 amide bonds. The van der Waals surface area contributed by atoms with Crippen LogP contribution in [0.2, 0.25) is 0 Å². The second-order valence-electron chi connectivity index (χ2n) is 8.20. The van der Waals surface area contributed by atoms with E-state index in [0.717, 1.165) is 29.0 Å². The first-order valence-corrected chi connectivity index (χ1v) is 8.96. The number of nitrogens with one attached hydrogen (secondary N) is 1. The fraction of sp³-hybridized carbons (Fsp3) is 0.600. The van der Waals surface area contributed by atoms with Gasteiger partial charge in [0.25, 0.3) is 5.91 Å². The van der Waals surface area contributed by atoms with Crippen LogP contribution in [0, 0.1) is 30.1 Å². The van der Waals surface area contributed by atoms with E-state index < -0.39 is 0 Å². The fourth-order valence-corrected chi connectivity index (χ4v) is 5.58. The molecule has 4 aliphatic carbocycles. The summed E-state index contributed by atoms with van der Waals surface area (Å²) in [5.74, 6) is 2.60. The van der Waals surface area contributed by atoms with Crippen LogP contribution in [0.25, 0.3) is 0 Å². The van der Waals surface area contributed by atoms with Crippen LogP contribution in [-0.2, 0) is 0 Å². The van der Waals surface area contributed by atoms with Gasteiger partial charge in [0.05, 0.1) is 0 Å². The number of amides is 1. The summed E-state index contributed by atoms with van der Waals surface area (Å²) in [6.07, 6.45) is 8.16. The molecule has 4 bridgehead atoms. The number of hydrogen-bond donors (Lipinski definition) is 1. The molecule has 122 valence electrons. The zero-order valence-electron chi connectivity index (χ0n) is 14.1. The quantitative estimate of drug-likeness (QED) is 0.655. The summed E-state index contributed by atoms with van der Waals surface area (Å²) in [7, 11) is 0. The van der Waals surface area contributed by atoms with E-state index in [1.54, 1.807) is 0 Å². The highest BCUT2D eigenvalue weighted by Gasteiger charge is 2.52. The Morgan fingerprint density at radius 2 is 1.57 bits per heavy atom. The molecule has 0 heterocycles. The second-order valence-corrected chi connectivity index (χ2v) is 8.20. The van der Waals surface area contributed by atoms with Crippen molar-refractivity contribution >= 4 is 11.6 Å². The summed E-state index contributed by atoms with van der Waals surface area (Å²) >= 11 is 0. The molecule has 0 aromatic heterocycles. The highest BCUT2D eigenvalue weighted by atomic mass is 16.2. The highest BCUT2D eigenvalue weighted by Crippen LogP contribution is 2.60. The number of rotatable bonds is 3. The van der Waals surface area contributed by atoms with E-state index in [4.69, 9.17) is 0 Å². The van der Waals surface area contributed by atoms with Gasteiger partial charge < -0.3 is 0 Å². The average Bonchev–Trinajstić information content (AvgIpc) is 2.51. The molecule has 1 N–H and O–H groups in total.